The second-order valence-electron chi connectivity index (χ2n) is 2.66. The van der Waals surface area contributed by atoms with Gasteiger partial charge in [0.25, 0.3) is 0 Å². The van der Waals surface area contributed by atoms with Crippen molar-refractivity contribution in [2.75, 3.05) is 6.61 Å². The molecule has 56 valence electrons. The molecule has 0 aliphatic carbocycles. The second-order valence-corrected chi connectivity index (χ2v) is 2.66. The van der Waals surface area contributed by atoms with Crippen molar-refractivity contribution < 1.29 is 4.74 Å². The van der Waals surface area contributed by atoms with Crippen LogP contribution in [0.15, 0.2) is 30.8 Å². The molecule has 0 bridgehead atoms. The molecule has 0 saturated carbocycles. The van der Waals surface area contributed by atoms with Crippen molar-refractivity contribution in [1.82, 2.24) is 0 Å². The lowest BCUT2D eigenvalue weighted by Gasteiger charge is -1.99. The van der Waals surface area contributed by atoms with E-state index in [1.54, 1.807) is 0 Å². The van der Waals surface area contributed by atoms with E-state index in [2.05, 4.69) is 18.7 Å². The third-order valence-corrected chi connectivity index (χ3v) is 1.90. The third-order valence-electron chi connectivity index (χ3n) is 1.90. The van der Waals surface area contributed by atoms with E-state index in [1.807, 2.05) is 18.2 Å². The van der Waals surface area contributed by atoms with Gasteiger partial charge in [0.05, 0.1) is 6.61 Å². The summed E-state index contributed by atoms with van der Waals surface area (Å²) >= 11 is 0. The van der Waals surface area contributed by atoms with Gasteiger partial charge in [-0.3, -0.25) is 0 Å². The Labute approximate surface area is 66.3 Å². The minimum atomic E-state index is 0.337. The van der Waals surface area contributed by atoms with Gasteiger partial charge in [-0.25, -0.2) is 0 Å². The molecule has 1 nitrogen and oxygen atoms in total. The summed E-state index contributed by atoms with van der Waals surface area (Å²) in [6, 6.07) is 8.20. The van der Waals surface area contributed by atoms with E-state index in [0.29, 0.717) is 6.10 Å². The smallest absolute Gasteiger partial charge is 0.107 e. The van der Waals surface area contributed by atoms with Crippen molar-refractivity contribution in [3.05, 3.63) is 42.0 Å². The summed E-state index contributed by atoms with van der Waals surface area (Å²) < 4.78 is 5.19. The van der Waals surface area contributed by atoms with Crippen LogP contribution in [-0.2, 0) is 4.74 Å². The maximum atomic E-state index is 5.19. The van der Waals surface area contributed by atoms with E-state index >= 15 is 0 Å². The first-order valence-corrected chi connectivity index (χ1v) is 3.75. The predicted octanol–water partition coefficient (Wildman–Crippen LogP) is 2.40. The summed E-state index contributed by atoms with van der Waals surface area (Å²) in [6.07, 6.45) is 2.21. The molecule has 1 aliphatic rings. The standard InChI is InChI=1S/C10H10O/c1-2-8-5-3-4-6-9(8)10-7-11-10/h2-6,10H,1,7H2. The highest BCUT2D eigenvalue weighted by molar-refractivity contribution is 5.53. The molecule has 0 spiro atoms. The number of benzene rings is 1. The van der Waals surface area contributed by atoms with Crippen LogP contribution in [0.3, 0.4) is 0 Å². The number of ether oxygens (including phenoxy) is 1. The largest absolute Gasteiger partial charge is 0.368 e. The summed E-state index contributed by atoms with van der Waals surface area (Å²) in [4.78, 5) is 0. The summed E-state index contributed by atoms with van der Waals surface area (Å²) in [5.74, 6) is 0. The minimum Gasteiger partial charge on any atom is -0.368 e. The quantitative estimate of drug-likeness (QED) is 0.584. The van der Waals surface area contributed by atoms with Crippen molar-refractivity contribution >= 4 is 6.08 Å². The summed E-state index contributed by atoms with van der Waals surface area (Å²) in [6.45, 7) is 4.61. The topological polar surface area (TPSA) is 12.5 Å². The van der Waals surface area contributed by atoms with Crippen LogP contribution in [-0.4, -0.2) is 6.61 Å². The van der Waals surface area contributed by atoms with E-state index in [-0.39, 0.29) is 0 Å². The molecule has 0 aromatic heterocycles. The Kier molecular flexibility index (Phi) is 1.51. The predicted molar refractivity (Wildman–Crippen MR) is 45.2 cm³/mol. The van der Waals surface area contributed by atoms with Gasteiger partial charge in [0.15, 0.2) is 0 Å². The average Bonchev–Trinajstić information content (AvgIpc) is 2.87. The summed E-state index contributed by atoms with van der Waals surface area (Å²) in [7, 11) is 0. The van der Waals surface area contributed by atoms with Crippen LogP contribution in [0.1, 0.15) is 17.2 Å². The first kappa shape index (κ1) is 6.62. The minimum absolute atomic E-state index is 0.337. The monoisotopic (exact) mass is 146 g/mol. The zero-order valence-electron chi connectivity index (χ0n) is 6.29. The van der Waals surface area contributed by atoms with E-state index < -0.39 is 0 Å². The molecule has 1 aromatic carbocycles. The van der Waals surface area contributed by atoms with Gasteiger partial charge in [0, 0.05) is 0 Å². The highest BCUT2D eigenvalue weighted by Crippen LogP contribution is 2.32. The van der Waals surface area contributed by atoms with Crippen LogP contribution in [0.25, 0.3) is 6.08 Å². The third kappa shape index (κ3) is 1.19. The van der Waals surface area contributed by atoms with Crippen LogP contribution in [0.4, 0.5) is 0 Å². The molecule has 1 heterocycles. The second kappa shape index (κ2) is 2.51. The lowest BCUT2D eigenvalue weighted by molar-refractivity contribution is 0.415. The van der Waals surface area contributed by atoms with Crippen LogP contribution in [0, 0.1) is 0 Å². The average molecular weight is 146 g/mol. The molecule has 1 unspecified atom stereocenters. The number of hydrogen-bond acceptors (Lipinski definition) is 1. The molecule has 1 aliphatic heterocycles. The fourth-order valence-electron chi connectivity index (χ4n) is 1.22. The fourth-order valence-corrected chi connectivity index (χ4v) is 1.22. The maximum Gasteiger partial charge on any atom is 0.107 e. The number of hydrogen-bond donors (Lipinski definition) is 0. The van der Waals surface area contributed by atoms with Gasteiger partial charge in [-0.1, -0.05) is 36.9 Å². The lowest BCUT2D eigenvalue weighted by atomic mass is 10.1. The van der Waals surface area contributed by atoms with Gasteiger partial charge in [0.2, 0.25) is 0 Å². The summed E-state index contributed by atoms with van der Waals surface area (Å²) in [5, 5.41) is 0. The molecule has 11 heavy (non-hydrogen) atoms. The SMILES string of the molecule is C=Cc1ccccc1C1CO1. The van der Waals surface area contributed by atoms with Crippen molar-refractivity contribution in [2.24, 2.45) is 0 Å². The molecule has 0 N–H and O–H groups in total. The van der Waals surface area contributed by atoms with Gasteiger partial charge in [-0.05, 0) is 11.1 Å². The van der Waals surface area contributed by atoms with Crippen molar-refractivity contribution in [1.29, 1.82) is 0 Å². The van der Waals surface area contributed by atoms with Crippen molar-refractivity contribution in [3.63, 3.8) is 0 Å². The van der Waals surface area contributed by atoms with Gasteiger partial charge in [-0.2, -0.15) is 0 Å². The van der Waals surface area contributed by atoms with Crippen LogP contribution >= 0.6 is 0 Å². The van der Waals surface area contributed by atoms with Crippen molar-refractivity contribution in [3.8, 4) is 0 Å². The molecule has 1 heteroatoms. The molecule has 0 amide bonds. The normalized spacial score (nSPS) is 21.3. The Morgan fingerprint density at radius 2 is 2.18 bits per heavy atom. The Morgan fingerprint density at radius 3 is 2.82 bits per heavy atom. The van der Waals surface area contributed by atoms with Crippen LogP contribution < -0.4 is 0 Å². The van der Waals surface area contributed by atoms with Gasteiger partial charge < -0.3 is 4.74 Å². The van der Waals surface area contributed by atoms with Gasteiger partial charge in [0.1, 0.15) is 6.10 Å². The molecule has 1 aromatic rings. The van der Waals surface area contributed by atoms with E-state index in [0.717, 1.165) is 6.61 Å². The lowest BCUT2D eigenvalue weighted by Crippen LogP contribution is -1.84. The molecule has 1 atom stereocenters. The van der Waals surface area contributed by atoms with E-state index in [1.165, 1.54) is 11.1 Å². The maximum absolute atomic E-state index is 5.19. The van der Waals surface area contributed by atoms with Gasteiger partial charge in [-0.15, -0.1) is 0 Å². The molecule has 2 rings (SSSR count). The van der Waals surface area contributed by atoms with E-state index in [4.69, 9.17) is 4.74 Å². The first-order valence-electron chi connectivity index (χ1n) is 3.75. The number of rotatable bonds is 2. The molecule has 0 radical (unpaired) electrons. The Balaban J connectivity index is 2.42. The summed E-state index contributed by atoms with van der Waals surface area (Å²) in [5.41, 5.74) is 2.46. The zero-order chi connectivity index (χ0) is 7.68. The first-order chi connectivity index (χ1) is 5.42. The molecular formula is C10H10O. The number of epoxide rings is 1. The Morgan fingerprint density at radius 1 is 1.45 bits per heavy atom. The highest BCUT2D eigenvalue weighted by Gasteiger charge is 2.25. The molecular weight excluding hydrogens is 136 g/mol. The fraction of sp³-hybridized carbons (Fsp3) is 0.200. The van der Waals surface area contributed by atoms with Gasteiger partial charge >= 0.3 is 0 Å². The zero-order valence-corrected chi connectivity index (χ0v) is 6.29. The highest BCUT2D eigenvalue weighted by atomic mass is 16.6. The van der Waals surface area contributed by atoms with Crippen LogP contribution in [0.2, 0.25) is 0 Å². The van der Waals surface area contributed by atoms with Crippen molar-refractivity contribution in [2.45, 2.75) is 6.10 Å². The Bertz CT molecular complexity index is 274. The molecule has 1 fully saturated rings. The van der Waals surface area contributed by atoms with E-state index in [9.17, 15) is 0 Å². The Hall–Kier alpha value is -1.08. The van der Waals surface area contributed by atoms with Crippen LogP contribution in [0.5, 0.6) is 0 Å². The molecule has 1 saturated heterocycles.